The molecule has 0 aromatic heterocycles. The van der Waals surface area contributed by atoms with Crippen LogP contribution in [-0.2, 0) is 0 Å². The van der Waals surface area contributed by atoms with E-state index in [2.05, 4.69) is 51.8 Å². The number of hydrogen-bond donors (Lipinski definition) is 1. The molecule has 1 nitrogen and oxygen atoms in total. The van der Waals surface area contributed by atoms with E-state index in [4.69, 9.17) is 5.73 Å². The monoisotopic (exact) mass is 319 g/mol. The normalized spacial score (nSPS) is 15.2. The molecule has 1 aromatic carbocycles. The highest BCUT2D eigenvalue weighted by atomic mass is 79.9. The van der Waals surface area contributed by atoms with Crippen molar-refractivity contribution in [3.8, 4) is 0 Å². The predicted molar refractivity (Wildman–Crippen MR) is 68.2 cm³/mol. The molecule has 3 heteroatoms. The van der Waals surface area contributed by atoms with Crippen molar-refractivity contribution in [2.75, 3.05) is 0 Å². The van der Waals surface area contributed by atoms with Crippen LogP contribution in [0.2, 0.25) is 0 Å². The van der Waals surface area contributed by atoms with Gasteiger partial charge in [-0.15, -0.1) is 0 Å². The van der Waals surface area contributed by atoms with Gasteiger partial charge in [-0.1, -0.05) is 52.1 Å². The molecule has 1 aromatic rings. The lowest BCUT2D eigenvalue weighted by Gasteiger charge is -2.20. The predicted octanol–water partition coefficient (Wildman–Crippen LogP) is 4.26. The Labute approximate surface area is 102 Å². The maximum Gasteiger partial charge on any atom is 0.0332 e. The molecular formula is C11H15Br2N. The first kappa shape index (κ1) is 12.2. The van der Waals surface area contributed by atoms with Crippen molar-refractivity contribution in [1.29, 1.82) is 0 Å². The van der Waals surface area contributed by atoms with Gasteiger partial charge in [0.15, 0.2) is 0 Å². The topological polar surface area (TPSA) is 26.0 Å². The van der Waals surface area contributed by atoms with Crippen LogP contribution in [0.5, 0.6) is 0 Å². The maximum atomic E-state index is 6.17. The number of hydrogen-bond acceptors (Lipinski definition) is 1. The van der Waals surface area contributed by atoms with Crippen molar-refractivity contribution in [2.24, 2.45) is 11.7 Å². The summed E-state index contributed by atoms with van der Waals surface area (Å²) in [6, 6.07) is 6.23. The van der Waals surface area contributed by atoms with Gasteiger partial charge in [-0.05, 0) is 29.7 Å². The third kappa shape index (κ3) is 2.81. The van der Waals surface area contributed by atoms with E-state index >= 15 is 0 Å². The smallest absolute Gasteiger partial charge is 0.0332 e. The molecule has 2 N–H and O–H groups in total. The molecule has 0 amide bonds. The van der Waals surface area contributed by atoms with E-state index in [9.17, 15) is 0 Å². The summed E-state index contributed by atoms with van der Waals surface area (Å²) in [4.78, 5) is 0. The molecule has 0 saturated heterocycles. The summed E-state index contributed by atoms with van der Waals surface area (Å²) in [5.74, 6) is 0.501. The Morgan fingerprint density at radius 2 is 2.00 bits per heavy atom. The van der Waals surface area contributed by atoms with Gasteiger partial charge in [-0.25, -0.2) is 0 Å². The quantitative estimate of drug-likeness (QED) is 0.884. The highest BCUT2D eigenvalue weighted by molar-refractivity contribution is 9.11. The summed E-state index contributed by atoms with van der Waals surface area (Å²) in [6.07, 6.45) is 1.10. The largest absolute Gasteiger partial charge is 0.324 e. The third-order valence-corrected chi connectivity index (χ3v) is 3.79. The molecule has 0 aliphatic heterocycles. The molecule has 0 radical (unpaired) electrons. The maximum absolute atomic E-state index is 6.17. The highest BCUT2D eigenvalue weighted by Gasteiger charge is 2.15. The molecule has 78 valence electrons. The van der Waals surface area contributed by atoms with Crippen LogP contribution in [0.4, 0.5) is 0 Å². The molecule has 0 fully saturated rings. The Bertz CT molecular complexity index is 312. The van der Waals surface area contributed by atoms with Gasteiger partial charge in [0, 0.05) is 15.0 Å². The van der Waals surface area contributed by atoms with E-state index < -0.39 is 0 Å². The Kier molecular flexibility index (Phi) is 4.61. The number of halogens is 2. The second kappa shape index (κ2) is 5.29. The van der Waals surface area contributed by atoms with Gasteiger partial charge in [0.05, 0.1) is 0 Å². The van der Waals surface area contributed by atoms with Gasteiger partial charge in [0.25, 0.3) is 0 Å². The number of nitrogens with two attached hydrogens (primary N) is 1. The molecular weight excluding hydrogens is 306 g/mol. The van der Waals surface area contributed by atoms with Gasteiger partial charge in [-0.3, -0.25) is 0 Å². The van der Waals surface area contributed by atoms with Crippen LogP contribution in [0.25, 0.3) is 0 Å². The Balaban J connectivity index is 2.99. The summed E-state index contributed by atoms with van der Waals surface area (Å²) in [5, 5.41) is 0. The van der Waals surface area contributed by atoms with Crippen molar-refractivity contribution in [3.05, 3.63) is 32.7 Å². The van der Waals surface area contributed by atoms with Crippen molar-refractivity contribution in [3.63, 3.8) is 0 Å². The first-order valence-electron chi connectivity index (χ1n) is 4.76. The van der Waals surface area contributed by atoms with Gasteiger partial charge in [0.1, 0.15) is 0 Å². The van der Waals surface area contributed by atoms with E-state index in [0.717, 1.165) is 15.4 Å². The molecule has 0 saturated carbocycles. The summed E-state index contributed by atoms with van der Waals surface area (Å²) in [5.41, 5.74) is 7.34. The van der Waals surface area contributed by atoms with Crippen LogP contribution < -0.4 is 5.73 Å². The van der Waals surface area contributed by atoms with Crippen molar-refractivity contribution in [2.45, 2.75) is 26.3 Å². The van der Waals surface area contributed by atoms with Gasteiger partial charge < -0.3 is 5.73 Å². The second-order valence-electron chi connectivity index (χ2n) is 3.58. The van der Waals surface area contributed by atoms with Crippen molar-refractivity contribution in [1.82, 2.24) is 0 Å². The molecule has 14 heavy (non-hydrogen) atoms. The summed E-state index contributed by atoms with van der Waals surface area (Å²) in [6.45, 7) is 4.34. The van der Waals surface area contributed by atoms with Crippen LogP contribution in [0.1, 0.15) is 31.9 Å². The fourth-order valence-corrected chi connectivity index (χ4v) is 2.22. The second-order valence-corrected chi connectivity index (χ2v) is 5.35. The minimum absolute atomic E-state index is 0.104. The lowest BCUT2D eigenvalue weighted by Crippen LogP contribution is -2.18. The van der Waals surface area contributed by atoms with Crippen LogP contribution >= 0.6 is 31.9 Å². The van der Waals surface area contributed by atoms with Crippen LogP contribution in [-0.4, -0.2) is 0 Å². The molecule has 0 spiro atoms. The third-order valence-electron chi connectivity index (χ3n) is 2.57. The average molecular weight is 321 g/mol. The molecule has 1 unspecified atom stereocenters. The van der Waals surface area contributed by atoms with E-state index in [1.54, 1.807) is 0 Å². The summed E-state index contributed by atoms with van der Waals surface area (Å²) >= 11 is 6.99. The zero-order valence-corrected chi connectivity index (χ0v) is 11.6. The molecule has 0 bridgehead atoms. The van der Waals surface area contributed by atoms with Crippen LogP contribution in [0.3, 0.4) is 0 Å². The fourth-order valence-electron chi connectivity index (χ4n) is 1.33. The standard InChI is InChI=1S/C11H15Br2N/c1-3-7(2)11(14)9-6-8(12)4-5-10(9)13/h4-7,11H,3,14H2,1-2H3/t7?,11-/m0/s1. The van der Waals surface area contributed by atoms with E-state index in [1.807, 2.05) is 12.1 Å². The first-order valence-corrected chi connectivity index (χ1v) is 6.35. The molecule has 0 aliphatic rings. The Hall–Kier alpha value is 0.140. The highest BCUT2D eigenvalue weighted by Crippen LogP contribution is 2.30. The first-order chi connectivity index (χ1) is 6.56. The van der Waals surface area contributed by atoms with Crippen LogP contribution in [0, 0.1) is 5.92 Å². The summed E-state index contributed by atoms with van der Waals surface area (Å²) in [7, 11) is 0. The molecule has 2 atom stereocenters. The number of rotatable bonds is 3. The average Bonchev–Trinajstić information content (AvgIpc) is 2.19. The zero-order valence-electron chi connectivity index (χ0n) is 8.43. The van der Waals surface area contributed by atoms with Crippen LogP contribution in [0.15, 0.2) is 27.1 Å². The van der Waals surface area contributed by atoms with E-state index in [1.165, 1.54) is 5.56 Å². The SMILES string of the molecule is CCC(C)[C@H](N)c1cc(Br)ccc1Br. The molecule has 0 heterocycles. The van der Waals surface area contributed by atoms with Crippen molar-refractivity contribution < 1.29 is 0 Å². The fraction of sp³-hybridized carbons (Fsp3) is 0.455. The van der Waals surface area contributed by atoms with Gasteiger partial charge in [0.2, 0.25) is 0 Å². The Morgan fingerprint density at radius 3 is 2.57 bits per heavy atom. The lowest BCUT2D eigenvalue weighted by atomic mass is 9.93. The van der Waals surface area contributed by atoms with Gasteiger partial charge >= 0.3 is 0 Å². The molecule has 1 rings (SSSR count). The number of benzene rings is 1. The summed E-state index contributed by atoms with van der Waals surface area (Å²) < 4.78 is 2.17. The minimum Gasteiger partial charge on any atom is -0.324 e. The Morgan fingerprint density at radius 1 is 1.36 bits per heavy atom. The zero-order chi connectivity index (χ0) is 10.7. The lowest BCUT2D eigenvalue weighted by molar-refractivity contribution is 0.455. The van der Waals surface area contributed by atoms with E-state index in [0.29, 0.717) is 5.92 Å². The van der Waals surface area contributed by atoms with Gasteiger partial charge in [-0.2, -0.15) is 0 Å². The minimum atomic E-state index is 0.104. The van der Waals surface area contributed by atoms with E-state index in [-0.39, 0.29) is 6.04 Å². The van der Waals surface area contributed by atoms with Crippen molar-refractivity contribution >= 4 is 31.9 Å². The molecule has 0 aliphatic carbocycles.